The molecule has 2 fully saturated rings. The minimum Gasteiger partial charge on any atom is -0.367 e. The maximum Gasteiger partial charge on any atom is 0.252 e. The van der Waals surface area contributed by atoms with Gasteiger partial charge in [0, 0.05) is 37.0 Å². The first kappa shape index (κ1) is 16.2. The van der Waals surface area contributed by atoms with Gasteiger partial charge in [-0.2, -0.15) is 4.98 Å². The fourth-order valence-corrected chi connectivity index (χ4v) is 3.31. The zero-order chi connectivity index (χ0) is 17.1. The predicted octanol–water partition coefficient (Wildman–Crippen LogP) is 2.44. The van der Waals surface area contributed by atoms with Crippen LogP contribution in [-0.2, 0) is 16.1 Å². The Bertz CT molecular complexity index is 714. The van der Waals surface area contributed by atoms with Gasteiger partial charge in [-0.1, -0.05) is 11.6 Å². The van der Waals surface area contributed by atoms with Gasteiger partial charge in [-0.15, -0.1) is 0 Å². The maximum atomic E-state index is 12.4. The second-order valence-corrected chi connectivity index (χ2v) is 6.73. The predicted molar refractivity (Wildman–Crippen MR) is 89.3 cm³/mol. The summed E-state index contributed by atoms with van der Waals surface area (Å²) in [6, 6.07) is 3.67. The van der Waals surface area contributed by atoms with Crippen molar-refractivity contribution in [1.82, 2.24) is 20.0 Å². The van der Waals surface area contributed by atoms with E-state index >= 15 is 0 Å². The molecule has 2 aromatic rings. The SMILES string of the molecule is O=C(C1CCC1)N1CCC[C@H](OCc2nc(-c3ccncc3)no2)C1. The maximum absolute atomic E-state index is 12.4. The van der Waals surface area contributed by atoms with E-state index < -0.39 is 0 Å². The number of carbonyl (C=O) groups is 1. The van der Waals surface area contributed by atoms with E-state index in [-0.39, 0.29) is 18.6 Å². The molecule has 2 aromatic heterocycles. The normalized spacial score (nSPS) is 21.1. The molecule has 3 heterocycles. The van der Waals surface area contributed by atoms with Gasteiger partial charge < -0.3 is 14.2 Å². The lowest BCUT2D eigenvalue weighted by molar-refractivity contribution is -0.142. The minimum atomic E-state index is 0.0362. The van der Waals surface area contributed by atoms with E-state index in [1.165, 1.54) is 6.42 Å². The minimum absolute atomic E-state index is 0.0362. The Kier molecular flexibility index (Phi) is 4.74. The van der Waals surface area contributed by atoms with E-state index in [4.69, 9.17) is 9.26 Å². The van der Waals surface area contributed by atoms with Gasteiger partial charge in [-0.05, 0) is 37.8 Å². The van der Waals surface area contributed by atoms with Crippen LogP contribution >= 0.6 is 0 Å². The first-order valence-corrected chi connectivity index (χ1v) is 8.93. The zero-order valence-electron chi connectivity index (χ0n) is 14.1. The molecule has 0 bridgehead atoms. The number of likely N-dealkylation sites (tertiary alicyclic amines) is 1. The lowest BCUT2D eigenvalue weighted by Crippen LogP contribution is -2.46. The molecule has 0 N–H and O–H groups in total. The van der Waals surface area contributed by atoms with Gasteiger partial charge in [-0.3, -0.25) is 9.78 Å². The average molecular weight is 342 g/mol. The molecule has 1 saturated heterocycles. The summed E-state index contributed by atoms with van der Waals surface area (Å²) in [5.41, 5.74) is 0.861. The summed E-state index contributed by atoms with van der Waals surface area (Å²) in [7, 11) is 0. The third kappa shape index (κ3) is 3.71. The molecule has 0 aromatic carbocycles. The smallest absolute Gasteiger partial charge is 0.252 e. The topological polar surface area (TPSA) is 81.4 Å². The zero-order valence-corrected chi connectivity index (χ0v) is 14.1. The lowest BCUT2D eigenvalue weighted by Gasteiger charge is -2.36. The molecule has 0 unspecified atom stereocenters. The summed E-state index contributed by atoms with van der Waals surface area (Å²) < 4.78 is 11.2. The second kappa shape index (κ2) is 7.31. The van der Waals surface area contributed by atoms with Gasteiger partial charge in [-0.25, -0.2) is 0 Å². The van der Waals surface area contributed by atoms with Crippen LogP contribution in [0.1, 0.15) is 38.0 Å². The van der Waals surface area contributed by atoms with E-state index in [9.17, 15) is 4.79 Å². The van der Waals surface area contributed by atoms with Crippen molar-refractivity contribution >= 4 is 5.91 Å². The largest absolute Gasteiger partial charge is 0.367 e. The highest BCUT2D eigenvalue weighted by Gasteiger charge is 2.32. The number of carbonyl (C=O) groups excluding carboxylic acids is 1. The highest BCUT2D eigenvalue weighted by atomic mass is 16.5. The third-order valence-electron chi connectivity index (χ3n) is 4.99. The number of pyridine rings is 1. The second-order valence-electron chi connectivity index (χ2n) is 6.73. The van der Waals surface area contributed by atoms with Crippen molar-refractivity contribution in [2.24, 2.45) is 5.92 Å². The van der Waals surface area contributed by atoms with E-state index in [1.54, 1.807) is 12.4 Å². The van der Waals surface area contributed by atoms with Crippen LogP contribution in [0.2, 0.25) is 0 Å². The number of nitrogens with zero attached hydrogens (tertiary/aromatic N) is 4. The summed E-state index contributed by atoms with van der Waals surface area (Å²) in [5, 5.41) is 3.98. The van der Waals surface area contributed by atoms with Gasteiger partial charge in [0.1, 0.15) is 6.61 Å². The van der Waals surface area contributed by atoms with Crippen molar-refractivity contribution in [2.45, 2.75) is 44.8 Å². The summed E-state index contributed by atoms with van der Waals surface area (Å²) in [5.74, 6) is 1.54. The molecular weight excluding hydrogens is 320 g/mol. The van der Waals surface area contributed by atoms with Crippen LogP contribution in [0.15, 0.2) is 29.0 Å². The van der Waals surface area contributed by atoms with Gasteiger partial charge >= 0.3 is 0 Å². The molecule has 1 saturated carbocycles. The molecule has 7 nitrogen and oxygen atoms in total. The average Bonchev–Trinajstić information content (AvgIpc) is 3.08. The number of amides is 1. The van der Waals surface area contributed by atoms with Crippen LogP contribution in [-0.4, -0.2) is 45.1 Å². The van der Waals surface area contributed by atoms with Crippen LogP contribution in [0.25, 0.3) is 11.4 Å². The molecule has 132 valence electrons. The highest BCUT2D eigenvalue weighted by molar-refractivity contribution is 5.79. The molecule has 4 rings (SSSR count). The summed E-state index contributed by atoms with van der Waals surface area (Å²) >= 11 is 0. The number of aromatic nitrogens is 3. The standard InChI is InChI=1S/C18H22N4O3/c23-18(14-3-1-4-14)22-10-2-5-15(11-22)24-12-16-20-17(21-25-16)13-6-8-19-9-7-13/h6-9,14-15H,1-5,10-12H2/t15-/m0/s1. The van der Waals surface area contributed by atoms with Crippen molar-refractivity contribution in [2.75, 3.05) is 13.1 Å². The Morgan fingerprint density at radius 1 is 1.24 bits per heavy atom. The molecule has 25 heavy (non-hydrogen) atoms. The van der Waals surface area contributed by atoms with Crippen molar-refractivity contribution in [1.29, 1.82) is 0 Å². The van der Waals surface area contributed by atoms with E-state index in [0.29, 0.717) is 24.2 Å². The summed E-state index contributed by atoms with van der Waals surface area (Å²) in [4.78, 5) is 22.7. The van der Waals surface area contributed by atoms with Gasteiger partial charge in [0.2, 0.25) is 11.7 Å². The number of hydrogen-bond donors (Lipinski definition) is 0. The number of hydrogen-bond acceptors (Lipinski definition) is 6. The van der Waals surface area contributed by atoms with E-state index in [0.717, 1.165) is 37.8 Å². The fourth-order valence-electron chi connectivity index (χ4n) is 3.31. The Hall–Kier alpha value is -2.28. The van der Waals surface area contributed by atoms with Gasteiger partial charge in [0.25, 0.3) is 5.89 Å². The van der Waals surface area contributed by atoms with Crippen molar-refractivity contribution in [3.8, 4) is 11.4 Å². The van der Waals surface area contributed by atoms with E-state index in [2.05, 4.69) is 15.1 Å². The number of piperidine rings is 1. The van der Waals surface area contributed by atoms with Crippen LogP contribution in [0.4, 0.5) is 0 Å². The van der Waals surface area contributed by atoms with Gasteiger partial charge in [0.05, 0.1) is 6.10 Å². The first-order chi connectivity index (χ1) is 12.3. The number of rotatable bonds is 5. The van der Waals surface area contributed by atoms with Crippen LogP contribution in [0.5, 0.6) is 0 Å². The molecule has 0 spiro atoms. The quantitative estimate of drug-likeness (QED) is 0.830. The van der Waals surface area contributed by atoms with Crippen LogP contribution < -0.4 is 0 Å². The first-order valence-electron chi connectivity index (χ1n) is 8.93. The van der Waals surface area contributed by atoms with Crippen LogP contribution in [0, 0.1) is 5.92 Å². The Morgan fingerprint density at radius 2 is 2.08 bits per heavy atom. The van der Waals surface area contributed by atoms with Crippen molar-refractivity contribution < 1.29 is 14.1 Å². The Labute approximate surface area is 146 Å². The van der Waals surface area contributed by atoms with E-state index in [1.807, 2.05) is 17.0 Å². The molecule has 7 heteroatoms. The Morgan fingerprint density at radius 3 is 2.84 bits per heavy atom. The molecule has 1 aliphatic carbocycles. The fraction of sp³-hybridized carbons (Fsp3) is 0.556. The molecule has 1 amide bonds. The van der Waals surface area contributed by atoms with Crippen LogP contribution in [0.3, 0.4) is 0 Å². The molecule has 1 atom stereocenters. The Balaban J connectivity index is 1.30. The summed E-state index contributed by atoms with van der Waals surface area (Å²) in [6.45, 7) is 1.79. The number of ether oxygens (including phenoxy) is 1. The third-order valence-corrected chi connectivity index (χ3v) is 4.99. The highest BCUT2D eigenvalue weighted by Crippen LogP contribution is 2.29. The monoisotopic (exact) mass is 342 g/mol. The molecule has 0 radical (unpaired) electrons. The summed E-state index contributed by atoms with van der Waals surface area (Å²) in [6.07, 6.45) is 8.63. The van der Waals surface area contributed by atoms with Gasteiger partial charge in [0.15, 0.2) is 0 Å². The lowest BCUT2D eigenvalue weighted by atomic mass is 9.84. The molecular formula is C18H22N4O3. The van der Waals surface area contributed by atoms with Crippen molar-refractivity contribution in [3.63, 3.8) is 0 Å². The molecule has 1 aliphatic heterocycles. The molecule has 2 aliphatic rings. The van der Waals surface area contributed by atoms with Crippen molar-refractivity contribution in [3.05, 3.63) is 30.4 Å².